The molecule has 0 saturated carbocycles. The molecule has 1 heterocycles. The van der Waals surface area contributed by atoms with Gasteiger partial charge in [0, 0.05) is 10.7 Å². The van der Waals surface area contributed by atoms with Gasteiger partial charge in [0.2, 0.25) is 0 Å². The third-order valence-electron chi connectivity index (χ3n) is 3.17. The summed E-state index contributed by atoms with van der Waals surface area (Å²) in [5.74, 6) is -0.669. The fourth-order valence-electron chi connectivity index (χ4n) is 2.09. The van der Waals surface area contributed by atoms with Gasteiger partial charge in [0.15, 0.2) is 11.5 Å². The molecule has 25 heavy (non-hydrogen) atoms. The second-order valence-corrected chi connectivity index (χ2v) is 5.43. The van der Waals surface area contributed by atoms with E-state index in [1.807, 2.05) is 0 Å². The normalized spacial score (nSPS) is 11.4. The van der Waals surface area contributed by atoms with E-state index in [0.717, 1.165) is 0 Å². The molecule has 2 amide bonds. The number of hydrogen-bond donors (Lipinski definition) is 2. The zero-order chi connectivity index (χ0) is 18.0. The van der Waals surface area contributed by atoms with E-state index in [2.05, 4.69) is 20.6 Å². The Morgan fingerprint density at radius 3 is 2.12 bits per heavy atom. The van der Waals surface area contributed by atoms with Crippen molar-refractivity contribution in [3.05, 3.63) is 59.2 Å². The van der Waals surface area contributed by atoms with Crippen LogP contribution < -0.4 is 10.6 Å². The van der Waals surface area contributed by atoms with E-state index in [1.54, 1.807) is 12.1 Å². The third kappa shape index (κ3) is 3.97. The predicted molar refractivity (Wildman–Crippen MR) is 88.6 cm³/mol. The summed E-state index contributed by atoms with van der Waals surface area (Å²) in [6.07, 6.45) is -4.76. The highest BCUT2D eigenvalue weighted by molar-refractivity contribution is 6.30. The maximum atomic E-state index is 13.2. The minimum absolute atomic E-state index is 0.0819. The van der Waals surface area contributed by atoms with Crippen LogP contribution in [0.2, 0.25) is 5.02 Å². The molecule has 3 aromatic rings. The van der Waals surface area contributed by atoms with Crippen molar-refractivity contribution in [2.75, 3.05) is 10.6 Å². The van der Waals surface area contributed by atoms with E-state index >= 15 is 0 Å². The summed E-state index contributed by atoms with van der Waals surface area (Å²) in [5.41, 5.74) is -0.586. The van der Waals surface area contributed by atoms with Crippen LogP contribution in [0.25, 0.3) is 11.0 Å². The summed E-state index contributed by atoms with van der Waals surface area (Å²) in [5, 5.41) is 4.96. The van der Waals surface area contributed by atoms with Gasteiger partial charge in [-0.15, -0.1) is 0 Å². The van der Waals surface area contributed by atoms with Crippen molar-refractivity contribution in [1.29, 1.82) is 0 Å². The van der Waals surface area contributed by atoms with E-state index in [0.29, 0.717) is 10.7 Å². The van der Waals surface area contributed by atoms with Gasteiger partial charge in [-0.2, -0.15) is 13.2 Å². The first kappa shape index (κ1) is 17.0. The van der Waals surface area contributed by atoms with Gasteiger partial charge in [0.05, 0.1) is 11.0 Å². The number of rotatable bonds is 2. The molecule has 2 N–H and O–H groups in total. The summed E-state index contributed by atoms with van der Waals surface area (Å²) < 4.78 is 39.6. The first-order valence-corrected chi connectivity index (χ1v) is 7.38. The number of amides is 2. The summed E-state index contributed by atoms with van der Waals surface area (Å²) >= 11 is 5.73. The van der Waals surface area contributed by atoms with Crippen LogP contribution in [-0.4, -0.2) is 16.0 Å². The van der Waals surface area contributed by atoms with Crippen LogP contribution in [0.4, 0.5) is 29.5 Å². The van der Waals surface area contributed by atoms with Crippen LogP contribution in [-0.2, 0) is 6.18 Å². The monoisotopic (exact) mass is 366 g/mol. The Bertz CT molecular complexity index is 929. The maximum absolute atomic E-state index is 13.2. The molecule has 0 saturated heterocycles. The van der Waals surface area contributed by atoms with E-state index < -0.39 is 23.7 Å². The lowest BCUT2D eigenvalue weighted by atomic mass is 10.2. The van der Waals surface area contributed by atoms with Gasteiger partial charge < -0.3 is 5.32 Å². The second-order valence-electron chi connectivity index (χ2n) is 4.99. The summed E-state index contributed by atoms with van der Waals surface area (Å²) in [6.45, 7) is 0. The Morgan fingerprint density at radius 2 is 1.52 bits per heavy atom. The quantitative estimate of drug-likeness (QED) is 0.674. The molecule has 0 aliphatic carbocycles. The Kier molecular flexibility index (Phi) is 4.45. The van der Waals surface area contributed by atoms with Crippen LogP contribution in [0.3, 0.4) is 0 Å². The number of nitrogens with zero attached hydrogens (tertiary/aromatic N) is 2. The smallest absolute Gasteiger partial charge is 0.308 e. The number of anilines is 2. The summed E-state index contributed by atoms with van der Waals surface area (Å²) in [7, 11) is 0. The van der Waals surface area contributed by atoms with E-state index in [-0.39, 0.29) is 11.0 Å². The Labute approximate surface area is 144 Å². The van der Waals surface area contributed by atoms with E-state index in [1.165, 1.54) is 36.4 Å². The molecule has 0 atom stereocenters. The molecule has 0 spiro atoms. The lowest BCUT2D eigenvalue weighted by Crippen LogP contribution is -2.23. The molecule has 0 aliphatic heterocycles. The van der Waals surface area contributed by atoms with Crippen molar-refractivity contribution in [3.63, 3.8) is 0 Å². The molecule has 5 nitrogen and oxygen atoms in total. The minimum Gasteiger partial charge on any atom is -0.308 e. The predicted octanol–water partition coefficient (Wildman–Crippen LogP) is 4.95. The number of benzene rings is 2. The number of urea groups is 1. The molecule has 0 bridgehead atoms. The average molecular weight is 367 g/mol. The standard InChI is InChI=1S/C16H10ClF3N4O/c17-9-5-7-10(8-6-9)21-15(25)24-14-13(16(18,19)20)22-11-3-1-2-4-12(11)23-14/h1-8H,(H2,21,23,24,25). The molecule has 0 radical (unpaired) electrons. The number of hydrogen-bond acceptors (Lipinski definition) is 3. The van der Waals surface area contributed by atoms with Crippen molar-refractivity contribution >= 4 is 40.2 Å². The number of carbonyl (C=O) groups excluding carboxylic acids is 1. The van der Waals surface area contributed by atoms with Gasteiger partial charge in [-0.1, -0.05) is 23.7 Å². The largest absolute Gasteiger partial charge is 0.437 e. The Morgan fingerprint density at radius 1 is 0.920 bits per heavy atom. The second kappa shape index (κ2) is 6.56. The highest BCUT2D eigenvalue weighted by atomic mass is 35.5. The molecule has 2 aromatic carbocycles. The van der Waals surface area contributed by atoms with E-state index in [4.69, 9.17) is 11.6 Å². The summed E-state index contributed by atoms with van der Waals surface area (Å²) in [6, 6.07) is 11.3. The molecule has 128 valence electrons. The van der Waals surface area contributed by atoms with Crippen molar-refractivity contribution in [3.8, 4) is 0 Å². The zero-order valence-corrected chi connectivity index (χ0v) is 13.2. The number of nitrogens with one attached hydrogen (secondary N) is 2. The van der Waals surface area contributed by atoms with Gasteiger partial charge in [-0.25, -0.2) is 14.8 Å². The molecule has 0 fully saturated rings. The highest BCUT2D eigenvalue weighted by Crippen LogP contribution is 2.33. The van der Waals surface area contributed by atoms with Crippen molar-refractivity contribution in [1.82, 2.24) is 9.97 Å². The number of fused-ring (bicyclic) bond motifs is 1. The molecule has 3 rings (SSSR count). The first-order chi connectivity index (χ1) is 11.8. The molecule has 9 heteroatoms. The number of aromatic nitrogens is 2. The lowest BCUT2D eigenvalue weighted by Gasteiger charge is -2.13. The Hall–Kier alpha value is -2.87. The molecule has 1 aromatic heterocycles. The SMILES string of the molecule is O=C(Nc1ccc(Cl)cc1)Nc1nc2ccccc2nc1C(F)(F)F. The minimum atomic E-state index is -4.76. The van der Waals surface area contributed by atoms with Gasteiger partial charge >= 0.3 is 12.2 Å². The molecule has 0 aliphatic rings. The van der Waals surface area contributed by atoms with Gasteiger partial charge in [-0.05, 0) is 36.4 Å². The molecular weight excluding hydrogens is 357 g/mol. The van der Waals surface area contributed by atoms with Crippen LogP contribution in [0.5, 0.6) is 0 Å². The first-order valence-electron chi connectivity index (χ1n) is 7.00. The van der Waals surface area contributed by atoms with Crippen molar-refractivity contribution in [2.45, 2.75) is 6.18 Å². The fourth-order valence-corrected chi connectivity index (χ4v) is 2.21. The number of alkyl halides is 3. The zero-order valence-electron chi connectivity index (χ0n) is 12.4. The van der Waals surface area contributed by atoms with Crippen molar-refractivity contribution < 1.29 is 18.0 Å². The van der Waals surface area contributed by atoms with E-state index in [9.17, 15) is 18.0 Å². The van der Waals surface area contributed by atoms with Gasteiger partial charge in [0.25, 0.3) is 0 Å². The fraction of sp³-hybridized carbons (Fsp3) is 0.0625. The third-order valence-corrected chi connectivity index (χ3v) is 3.43. The number of carbonyl (C=O) groups is 1. The van der Waals surface area contributed by atoms with Gasteiger partial charge in [-0.3, -0.25) is 5.32 Å². The topological polar surface area (TPSA) is 66.9 Å². The van der Waals surface area contributed by atoms with Crippen molar-refractivity contribution in [2.24, 2.45) is 0 Å². The summed E-state index contributed by atoms with van der Waals surface area (Å²) in [4.78, 5) is 19.4. The van der Waals surface area contributed by atoms with Crippen LogP contribution >= 0.6 is 11.6 Å². The maximum Gasteiger partial charge on any atom is 0.437 e. The van der Waals surface area contributed by atoms with Crippen LogP contribution in [0.15, 0.2) is 48.5 Å². The lowest BCUT2D eigenvalue weighted by molar-refractivity contribution is -0.140. The average Bonchev–Trinajstić information content (AvgIpc) is 2.55. The Balaban J connectivity index is 1.91. The molecular formula is C16H10ClF3N4O. The number of halogens is 4. The van der Waals surface area contributed by atoms with Crippen LogP contribution in [0.1, 0.15) is 5.69 Å². The highest BCUT2D eigenvalue weighted by Gasteiger charge is 2.37. The number of para-hydroxylation sites is 2. The van der Waals surface area contributed by atoms with Gasteiger partial charge in [0.1, 0.15) is 0 Å². The van der Waals surface area contributed by atoms with Crippen LogP contribution in [0, 0.1) is 0 Å². The molecule has 0 unspecified atom stereocenters.